The van der Waals surface area contributed by atoms with Crippen molar-refractivity contribution in [2.24, 2.45) is 5.41 Å². The molecule has 0 spiro atoms. The Hall–Kier alpha value is -2.09. The summed E-state index contributed by atoms with van der Waals surface area (Å²) in [6.07, 6.45) is 0. The third-order valence-electron chi connectivity index (χ3n) is 4.33. The highest BCUT2D eigenvalue weighted by molar-refractivity contribution is 5.82. The van der Waals surface area contributed by atoms with E-state index in [-0.39, 0.29) is 17.2 Å². The van der Waals surface area contributed by atoms with Gasteiger partial charge in [0.15, 0.2) is 0 Å². The summed E-state index contributed by atoms with van der Waals surface area (Å²) < 4.78 is 0. The predicted molar refractivity (Wildman–Crippen MR) is 89.6 cm³/mol. The van der Waals surface area contributed by atoms with Crippen molar-refractivity contribution in [1.82, 2.24) is 4.90 Å². The molecule has 0 radical (unpaired) electrons. The van der Waals surface area contributed by atoms with Crippen molar-refractivity contribution in [3.63, 3.8) is 0 Å². The average Bonchev–Trinajstić information content (AvgIpc) is 2.53. The summed E-state index contributed by atoms with van der Waals surface area (Å²) in [6, 6.07) is 19.0. The molecule has 1 aliphatic heterocycles. The Morgan fingerprint density at radius 3 is 2.32 bits per heavy atom. The molecule has 22 heavy (non-hydrogen) atoms. The van der Waals surface area contributed by atoms with Gasteiger partial charge >= 0.3 is 0 Å². The van der Waals surface area contributed by atoms with Gasteiger partial charge in [0.05, 0.1) is 0 Å². The molecule has 0 N–H and O–H groups in total. The second-order valence-corrected chi connectivity index (χ2v) is 7.10. The fourth-order valence-corrected chi connectivity index (χ4v) is 3.21. The third-order valence-corrected chi connectivity index (χ3v) is 4.33. The van der Waals surface area contributed by atoms with Crippen LogP contribution in [0.3, 0.4) is 0 Å². The number of hydrogen-bond donors (Lipinski definition) is 0. The van der Waals surface area contributed by atoms with Crippen LogP contribution < -0.4 is 0 Å². The first-order valence-corrected chi connectivity index (χ1v) is 7.89. The number of nitrogens with zero attached hydrogens (tertiary/aromatic N) is 1. The lowest BCUT2D eigenvalue weighted by Crippen LogP contribution is -2.44. The van der Waals surface area contributed by atoms with Crippen molar-refractivity contribution in [3.8, 4) is 0 Å². The Labute approximate surface area is 132 Å². The summed E-state index contributed by atoms with van der Waals surface area (Å²) >= 11 is 0. The van der Waals surface area contributed by atoms with Gasteiger partial charge in [0.2, 0.25) is 5.91 Å². The highest BCUT2D eigenvalue weighted by Crippen LogP contribution is 2.35. The summed E-state index contributed by atoms with van der Waals surface area (Å²) in [6.45, 7) is 7.46. The van der Waals surface area contributed by atoms with Gasteiger partial charge in [0.25, 0.3) is 0 Å². The maximum Gasteiger partial charge on any atom is 0.228 e. The Bertz CT molecular complexity index is 670. The quantitative estimate of drug-likeness (QED) is 0.771. The Morgan fingerprint density at radius 2 is 1.64 bits per heavy atom. The zero-order valence-corrected chi connectivity index (χ0v) is 13.5. The molecule has 1 aliphatic rings. The van der Waals surface area contributed by atoms with E-state index in [1.807, 2.05) is 31.7 Å². The van der Waals surface area contributed by atoms with Crippen LogP contribution in [0.15, 0.2) is 54.6 Å². The highest BCUT2D eigenvalue weighted by atomic mass is 16.2. The van der Waals surface area contributed by atoms with Gasteiger partial charge in [-0.25, -0.2) is 0 Å². The van der Waals surface area contributed by atoms with Gasteiger partial charge in [-0.15, -0.1) is 0 Å². The maximum absolute atomic E-state index is 12.7. The first-order valence-electron chi connectivity index (χ1n) is 7.89. The summed E-state index contributed by atoms with van der Waals surface area (Å²) in [5, 5.41) is 0. The second kappa shape index (κ2) is 5.60. The lowest BCUT2D eigenvalue weighted by molar-refractivity contribution is -0.140. The summed E-state index contributed by atoms with van der Waals surface area (Å²) in [7, 11) is 0. The molecular formula is C20H23NO. The van der Waals surface area contributed by atoms with E-state index in [1.165, 1.54) is 16.7 Å². The van der Waals surface area contributed by atoms with Crippen molar-refractivity contribution in [2.45, 2.75) is 33.2 Å². The van der Waals surface area contributed by atoms with E-state index in [0.717, 1.165) is 13.1 Å². The second-order valence-electron chi connectivity index (χ2n) is 7.10. The molecule has 2 aromatic rings. The number of carbonyl (C=O) groups excluding carboxylic acids is 1. The van der Waals surface area contributed by atoms with Crippen LogP contribution in [-0.2, 0) is 11.3 Å². The molecule has 1 atom stereocenters. The van der Waals surface area contributed by atoms with E-state index in [0.29, 0.717) is 0 Å². The number of hydrogen-bond acceptors (Lipinski definition) is 1. The van der Waals surface area contributed by atoms with Gasteiger partial charge in [-0.3, -0.25) is 4.79 Å². The monoisotopic (exact) mass is 293 g/mol. The molecule has 1 amide bonds. The fraction of sp³-hybridized carbons (Fsp3) is 0.350. The topological polar surface area (TPSA) is 20.3 Å². The molecule has 2 aromatic carbocycles. The van der Waals surface area contributed by atoms with E-state index >= 15 is 0 Å². The van der Waals surface area contributed by atoms with Crippen LogP contribution in [0.2, 0.25) is 0 Å². The molecule has 0 aromatic heterocycles. The van der Waals surface area contributed by atoms with Crippen LogP contribution in [0, 0.1) is 5.41 Å². The molecule has 0 saturated heterocycles. The lowest BCUT2D eigenvalue weighted by atomic mass is 9.83. The van der Waals surface area contributed by atoms with E-state index in [2.05, 4.69) is 48.5 Å². The van der Waals surface area contributed by atoms with Crippen LogP contribution in [0.5, 0.6) is 0 Å². The summed E-state index contributed by atoms with van der Waals surface area (Å²) in [5.41, 5.74) is 3.56. The van der Waals surface area contributed by atoms with Crippen LogP contribution >= 0.6 is 0 Å². The van der Waals surface area contributed by atoms with Gasteiger partial charge in [0.1, 0.15) is 0 Å². The van der Waals surface area contributed by atoms with E-state index in [4.69, 9.17) is 0 Å². The number of rotatable bonds is 1. The minimum Gasteiger partial charge on any atom is -0.337 e. The number of benzene rings is 2. The van der Waals surface area contributed by atoms with Gasteiger partial charge in [-0.1, -0.05) is 75.4 Å². The normalized spacial score (nSPS) is 18.0. The number of fused-ring (bicyclic) bond motifs is 1. The van der Waals surface area contributed by atoms with Crippen molar-refractivity contribution < 1.29 is 4.79 Å². The van der Waals surface area contributed by atoms with Gasteiger partial charge in [-0.2, -0.15) is 0 Å². The van der Waals surface area contributed by atoms with Crippen LogP contribution in [0.1, 0.15) is 43.4 Å². The molecule has 0 unspecified atom stereocenters. The summed E-state index contributed by atoms with van der Waals surface area (Å²) in [5.74, 6) is 0.486. The molecule has 1 heterocycles. The van der Waals surface area contributed by atoms with Gasteiger partial charge in [-0.05, 0) is 16.7 Å². The molecule has 2 nitrogen and oxygen atoms in total. The molecular weight excluding hydrogens is 270 g/mol. The molecule has 0 fully saturated rings. The molecule has 0 aliphatic carbocycles. The van der Waals surface area contributed by atoms with Crippen molar-refractivity contribution in [2.75, 3.05) is 6.54 Å². The first-order chi connectivity index (χ1) is 10.5. The van der Waals surface area contributed by atoms with Crippen molar-refractivity contribution in [1.29, 1.82) is 0 Å². The van der Waals surface area contributed by atoms with Gasteiger partial charge < -0.3 is 4.90 Å². The van der Waals surface area contributed by atoms with Gasteiger partial charge in [0, 0.05) is 24.4 Å². The fourth-order valence-electron chi connectivity index (χ4n) is 3.21. The summed E-state index contributed by atoms with van der Waals surface area (Å²) in [4.78, 5) is 14.7. The zero-order chi connectivity index (χ0) is 15.7. The van der Waals surface area contributed by atoms with Crippen LogP contribution in [0.4, 0.5) is 0 Å². The zero-order valence-electron chi connectivity index (χ0n) is 13.5. The molecule has 2 heteroatoms. The van der Waals surface area contributed by atoms with E-state index in [9.17, 15) is 4.79 Å². The Kier molecular flexibility index (Phi) is 3.78. The maximum atomic E-state index is 12.7. The van der Waals surface area contributed by atoms with E-state index < -0.39 is 0 Å². The SMILES string of the molecule is CC(C)(C)C(=O)N1Cc2ccccc2[C@@H](c2ccccc2)C1. The Morgan fingerprint density at radius 1 is 1.00 bits per heavy atom. The Balaban J connectivity index is 2.01. The largest absolute Gasteiger partial charge is 0.337 e. The first kappa shape index (κ1) is 14.8. The number of amides is 1. The van der Waals surface area contributed by atoms with Crippen molar-refractivity contribution in [3.05, 3.63) is 71.3 Å². The molecule has 0 bridgehead atoms. The smallest absolute Gasteiger partial charge is 0.228 e. The van der Waals surface area contributed by atoms with Crippen LogP contribution in [-0.4, -0.2) is 17.4 Å². The lowest BCUT2D eigenvalue weighted by Gasteiger charge is -2.38. The number of carbonyl (C=O) groups is 1. The van der Waals surface area contributed by atoms with E-state index in [1.54, 1.807) is 0 Å². The molecule has 0 saturated carbocycles. The third kappa shape index (κ3) is 2.78. The van der Waals surface area contributed by atoms with Crippen molar-refractivity contribution >= 4 is 5.91 Å². The average molecular weight is 293 g/mol. The highest BCUT2D eigenvalue weighted by Gasteiger charge is 2.33. The standard InChI is InChI=1S/C20H23NO/c1-20(2,3)19(22)21-13-16-11-7-8-12-17(16)18(14-21)15-9-5-4-6-10-15/h4-12,18H,13-14H2,1-3H3/t18-/m1/s1. The predicted octanol–water partition coefficient (Wildman–Crippen LogP) is 4.21. The van der Waals surface area contributed by atoms with Crippen LogP contribution in [0.25, 0.3) is 0 Å². The molecule has 114 valence electrons. The minimum atomic E-state index is -0.340. The molecule has 3 rings (SSSR count). The minimum absolute atomic E-state index is 0.225.